The molecule has 0 saturated heterocycles. The number of nitrogens with two attached hydrogens (primary N) is 1. The lowest BCUT2D eigenvalue weighted by atomic mass is 9.47. The highest BCUT2D eigenvalue weighted by atomic mass is 127. The average molecular weight is 940 g/mol. The Morgan fingerprint density at radius 2 is 1.75 bits per heavy atom. The minimum Gasteiger partial charge on any atom is -0.462 e. The number of fused-ring (bicyclic) bond motifs is 5. The second kappa shape index (κ2) is 14.9. The molecule has 0 spiro atoms. The maximum Gasteiger partial charge on any atom is 0.306 e. The standard InChI is InChI=1S/C38H56I3NO2/c1-23(2)9-8-10-24(3)29-15-16-30-27-14-13-25-21-26(17-19-37(25,4)31(27)18-20-38(29,30)5)44-34(43)12-7-6-11-28-32(39)22-33(40)36(42)35(28)41/h13,22-24,26-27,29-31H,6-12,14-21,42H2,1-5H3/t24-,26+,27?,29-,30?,31?,37+,38-/m1/s1. The van der Waals surface area contributed by atoms with E-state index in [9.17, 15) is 4.79 Å². The fourth-order valence-corrected chi connectivity index (χ4v) is 14.4. The second-order valence-corrected chi connectivity index (χ2v) is 19.3. The molecule has 1 aromatic carbocycles. The van der Waals surface area contributed by atoms with Crippen LogP contribution in [0.25, 0.3) is 0 Å². The molecular weight excluding hydrogens is 883 g/mol. The van der Waals surface area contributed by atoms with E-state index in [1.165, 1.54) is 66.9 Å². The number of hydrogen-bond acceptors (Lipinski definition) is 3. The third kappa shape index (κ3) is 7.36. The number of halogens is 3. The highest BCUT2D eigenvalue weighted by Gasteiger charge is 2.59. The molecule has 3 fully saturated rings. The van der Waals surface area contributed by atoms with Gasteiger partial charge < -0.3 is 10.5 Å². The Labute approximate surface area is 309 Å². The van der Waals surface area contributed by atoms with Gasteiger partial charge in [-0.25, -0.2) is 0 Å². The van der Waals surface area contributed by atoms with E-state index in [0.29, 0.717) is 17.3 Å². The molecule has 246 valence electrons. The number of carbonyl (C=O) groups excluding carboxylic acids is 1. The molecule has 3 unspecified atom stereocenters. The minimum atomic E-state index is -0.00708. The molecule has 0 aromatic heterocycles. The first-order valence-electron chi connectivity index (χ1n) is 17.7. The highest BCUT2D eigenvalue weighted by Crippen LogP contribution is 2.67. The molecule has 4 aliphatic carbocycles. The Morgan fingerprint density at radius 3 is 2.50 bits per heavy atom. The maximum atomic E-state index is 12.9. The third-order valence-corrected chi connectivity index (χ3v) is 16.0. The Morgan fingerprint density at radius 1 is 0.977 bits per heavy atom. The van der Waals surface area contributed by atoms with E-state index < -0.39 is 0 Å². The van der Waals surface area contributed by atoms with E-state index >= 15 is 0 Å². The summed E-state index contributed by atoms with van der Waals surface area (Å²) in [6.07, 6.45) is 20.4. The number of anilines is 1. The molecule has 5 rings (SSSR count). The van der Waals surface area contributed by atoms with E-state index in [0.717, 1.165) is 80.4 Å². The van der Waals surface area contributed by atoms with Crippen molar-refractivity contribution in [1.29, 1.82) is 0 Å². The molecule has 0 aliphatic heterocycles. The first-order chi connectivity index (χ1) is 20.8. The van der Waals surface area contributed by atoms with Gasteiger partial charge in [0.2, 0.25) is 0 Å². The quantitative estimate of drug-likeness (QED) is 0.0791. The van der Waals surface area contributed by atoms with E-state index in [-0.39, 0.29) is 12.1 Å². The molecule has 0 bridgehead atoms. The van der Waals surface area contributed by atoms with Crippen molar-refractivity contribution >= 4 is 79.4 Å². The van der Waals surface area contributed by atoms with Crippen molar-refractivity contribution in [2.24, 2.45) is 46.3 Å². The van der Waals surface area contributed by atoms with Gasteiger partial charge in [0, 0.05) is 23.6 Å². The predicted octanol–water partition coefficient (Wildman–Crippen LogP) is 11.7. The van der Waals surface area contributed by atoms with E-state index in [2.05, 4.69) is 115 Å². The molecule has 4 aliphatic rings. The first kappa shape index (κ1) is 35.7. The molecule has 44 heavy (non-hydrogen) atoms. The normalized spacial score (nSPS) is 33.8. The van der Waals surface area contributed by atoms with Crippen LogP contribution >= 0.6 is 67.8 Å². The van der Waals surface area contributed by atoms with Crippen molar-refractivity contribution in [3.8, 4) is 0 Å². The van der Waals surface area contributed by atoms with Crippen LogP contribution in [0.3, 0.4) is 0 Å². The summed E-state index contributed by atoms with van der Waals surface area (Å²) in [5.41, 5.74) is 10.9. The summed E-state index contributed by atoms with van der Waals surface area (Å²) in [4.78, 5) is 12.9. The van der Waals surface area contributed by atoms with Crippen LogP contribution in [0.2, 0.25) is 0 Å². The Bertz CT molecular complexity index is 1230. The molecule has 2 N–H and O–H groups in total. The van der Waals surface area contributed by atoms with E-state index in [1.54, 1.807) is 5.57 Å². The Hall–Kier alpha value is 0.420. The lowest BCUT2D eigenvalue weighted by Gasteiger charge is -2.58. The molecule has 0 heterocycles. The number of rotatable bonds is 11. The average Bonchev–Trinajstić information content (AvgIpc) is 3.33. The molecule has 3 nitrogen and oxygen atoms in total. The van der Waals surface area contributed by atoms with E-state index in [1.807, 2.05) is 0 Å². The zero-order chi connectivity index (χ0) is 31.8. The predicted molar refractivity (Wildman–Crippen MR) is 209 cm³/mol. The van der Waals surface area contributed by atoms with Crippen LogP contribution in [0, 0.1) is 57.0 Å². The van der Waals surface area contributed by atoms with Crippen LogP contribution < -0.4 is 5.73 Å². The van der Waals surface area contributed by atoms with Crippen molar-refractivity contribution in [2.75, 3.05) is 5.73 Å². The zero-order valence-corrected chi connectivity index (χ0v) is 34.3. The zero-order valence-electron chi connectivity index (χ0n) is 27.8. The van der Waals surface area contributed by atoms with Gasteiger partial charge in [-0.05, 0) is 190 Å². The number of allylic oxidation sites excluding steroid dienone is 1. The summed E-state index contributed by atoms with van der Waals surface area (Å²) in [6.45, 7) is 12.6. The number of benzene rings is 1. The number of carbonyl (C=O) groups is 1. The lowest BCUT2D eigenvalue weighted by molar-refractivity contribution is -0.151. The summed E-state index contributed by atoms with van der Waals surface area (Å²) < 4.78 is 9.67. The smallest absolute Gasteiger partial charge is 0.306 e. The van der Waals surface area contributed by atoms with Gasteiger partial charge >= 0.3 is 5.97 Å². The molecule has 3 saturated carbocycles. The Kier molecular flexibility index (Phi) is 12.1. The molecule has 1 aromatic rings. The lowest BCUT2D eigenvalue weighted by Crippen LogP contribution is -2.51. The second-order valence-electron chi connectivity index (χ2n) is 15.9. The molecule has 0 amide bonds. The largest absolute Gasteiger partial charge is 0.462 e. The fraction of sp³-hybridized carbons (Fsp3) is 0.763. The number of hydrogen-bond donors (Lipinski definition) is 1. The van der Waals surface area contributed by atoms with Crippen LogP contribution in [-0.4, -0.2) is 12.1 Å². The third-order valence-electron chi connectivity index (χ3n) is 12.9. The SMILES string of the molecule is CC(C)CCC[C@@H](C)[C@H]1CCC2C3CC=C4C[C@@H](OC(=O)CCCCc5c(I)cc(I)c(N)c5I)CC[C@]4(C)C3CC[C@@]21C. The van der Waals surface area contributed by atoms with Crippen molar-refractivity contribution < 1.29 is 9.53 Å². The summed E-state index contributed by atoms with van der Waals surface area (Å²) in [5.74, 6) is 5.16. The minimum absolute atomic E-state index is 0.00708. The maximum absolute atomic E-state index is 12.9. The summed E-state index contributed by atoms with van der Waals surface area (Å²) in [6, 6.07) is 2.16. The summed E-state index contributed by atoms with van der Waals surface area (Å²) in [5, 5.41) is 0. The Balaban J connectivity index is 1.13. The van der Waals surface area contributed by atoms with Crippen LogP contribution in [-0.2, 0) is 16.0 Å². The number of unbranched alkanes of at least 4 members (excludes halogenated alkanes) is 1. The van der Waals surface area contributed by atoms with Gasteiger partial charge in [0.25, 0.3) is 0 Å². The van der Waals surface area contributed by atoms with Gasteiger partial charge in [0.05, 0.1) is 5.69 Å². The van der Waals surface area contributed by atoms with Crippen molar-refractivity contribution in [3.05, 3.63) is 34.0 Å². The van der Waals surface area contributed by atoms with Crippen molar-refractivity contribution in [2.45, 2.75) is 137 Å². The first-order valence-corrected chi connectivity index (χ1v) is 20.9. The number of nitrogen functional groups attached to an aromatic ring is 1. The van der Waals surface area contributed by atoms with Crippen LogP contribution in [0.15, 0.2) is 17.7 Å². The van der Waals surface area contributed by atoms with Crippen LogP contribution in [0.1, 0.15) is 130 Å². The fourth-order valence-electron chi connectivity index (χ4n) is 10.4. The van der Waals surface area contributed by atoms with Crippen molar-refractivity contribution in [1.82, 2.24) is 0 Å². The van der Waals surface area contributed by atoms with Gasteiger partial charge in [-0.15, -0.1) is 0 Å². The molecule has 8 atom stereocenters. The summed E-state index contributed by atoms with van der Waals surface area (Å²) >= 11 is 7.09. The number of esters is 1. The topological polar surface area (TPSA) is 52.3 Å². The monoisotopic (exact) mass is 939 g/mol. The van der Waals surface area contributed by atoms with Crippen molar-refractivity contribution in [3.63, 3.8) is 0 Å². The molecule has 6 heteroatoms. The van der Waals surface area contributed by atoms with Crippen LogP contribution in [0.5, 0.6) is 0 Å². The van der Waals surface area contributed by atoms with Gasteiger partial charge in [0.15, 0.2) is 0 Å². The van der Waals surface area contributed by atoms with E-state index in [4.69, 9.17) is 10.5 Å². The van der Waals surface area contributed by atoms with Gasteiger partial charge in [0.1, 0.15) is 6.10 Å². The van der Waals surface area contributed by atoms with Crippen LogP contribution in [0.4, 0.5) is 5.69 Å². The summed E-state index contributed by atoms with van der Waals surface area (Å²) in [7, 11) is 0. The molecular formula is C38H56I3NO2. The molecule has 0 radical (unpaired) electrons. The van der Waals surface area contributed by atoms with Gasteiger partial charge in [-0.2, -0.15) is 0 Å². The van der Waals surface area contributed by atoms with Gasteiger partial charge in [-0.3, -0.25) is 4.79 Å². The number of ether oxygens (including phenoxy) is 1. The van der Waals surface area contributed by atoms with Gasteiger partial charge in [-0.1, -0.05) is 65.5 Å². The highest BCUT2D eigenvalue weighted by molar-refractivity contribution is 14.1.